The van der Waals surface area contributed by atoms with E-state index in [0.717, 1.165) is 200 Å². The molecule has 5 aliphatic heterocycles. The first kappa shape index (κ1) is 78.4. The summed E-state index contributed by atoms with van der Waals surface area (Å²) in [6.07, 6.45) is 18.3. The SMILES string of the molecule is C.COC(=O)C1CCCCN1Cc1cnc2c(Cc3cccc(-c4cccc(OCCCN5CCC(O)C5)c4C)c3C)nccc2c1.COC(=O)C1CCCCN1Cc1cnc2c(Cc3cccc(Br)c3C)nccc2c1.Cc1c(OCCCN2CCC(O)C2)cccc1B1OC(C)(C)C(C)(C)O1. The summed E-state index contributed by atoms with van der Waals surface area (Å²) in [5.41, 5.74) is 15.8. The van der Waals surface area contributed by atoms with Crippen molar-refractivity contribution in [2.24, 2.45) is 0 Å². The van der Waals surface area contributed by atoms with E-state index in [1.54, 1.807) is 0 Å². The number of esters is 2. The molecule has 0 amide bonds. The average Bonchev–Trinajstić information content (AvgIpc) is 1.68. The molecule has 4 aromatic carbocycles. The van der Waals surface area contributed by atoms with E-state index in [1.807, 2.05) is 49.1 Å². The average molecular weight is 1470 g/mol. The van der Waals surface area contributed by atoms with Crippen LogP contribution >= 0.6 is 15.9 Å². The highest BCUT2D eigenvalue weighted by atomic mass is 79.9. The molecule has 0 saturated carbocycles. The van der Waals surface area contributed by atoms with Gasteiger partial charge in [-0.2, -0.15) is 0 Å². The van der Waals surface area contributed by atoms with E-state index in [1.165, 1.54) is 47.6 Å². The quantitative estimate of drug-likeness (QED) is 0.0369. The van der Waals surface area contributed by atoms with Crippen molar-refractivity contribution in [2.45, 2.75) is 188 Å². The number of rotatable bonds is 22. The zero-order valence-electron chi connectivity index (χ0n) is 61.5. The summed E-state index contributed by atoms with van der Waals surface area (Å²) in [6.45, 7) is 26.7. The molecule has 0 aliphatic carbocycles. The number of aromatic nitrogens is 4. The fraction of sp³-hybridized carbons (Fsp3) is 0.494. The molecule has 4 unspecified atom stereocenters. The third-order valence-electron chi connectivity index (χ3n) is 21.6. The van der Waals surface area contributed by atoms with Crippen LogP contribution in [-0.4, -0.2) is 184 Å². The van der Waals surface area contributed by atoms with Gasteiger partial charge in [-0.1, -0.05) is 90.8 Å². The second-order valence-electron chi connectivity index (χ2n) is 29.2. The molecule has 13 rings (SSSR count). The normalized spacial score (nSPS) is 19.8. The molecule has 0 radical (unpaired) electrons. The van der Waals surface area contributed by atoms with Crippen molar-refractivity contribution in [3.8, 4) is 22.6 Å². The monoisotopic (exact) mass is 1470 g/mol. The Labute approximate surface area is 619 Å². The number of methoxy groups -OCH3 is 2. The van der Waals surface area contributed by atoms with Crippen molar-refractivity contribution in [3.63, 3.8) is 0 Å². The van der Waals surface area contributed by atoms with Crippen LogP contribution in [0.25, 0.3) is 32.9 Å². The van der Waals surface area contributed by atoms with E-state index in [9.17, 15) is 19.8 Å². The largest absolute Gasteiger partial charge is 0.495 e. The Bertz CT molecular complexity index is 4160. The first-order valence-corrected chi connectivity index (χ1v) is 37.5. The summed E-state index contributed by atoms with van der Waals surface area (Å²) < 4.78 is 35.8. The van der Waals surface area contributed by atoms with Gasteiger partial charge in [-0.3, -0.25) is 39.3 Å². The maximum absolute atomic E-state index is 12.4. The Hall–Kier alpha value is -7.24. The van der Waals surface area contributed by atoms with Crippen molar-refractivity contribution < 1.29 is 48.1 Å². The van der Waals surface area contributed by atoms with Crippen LogP contribution in [0, 0.1) is 27.7 Å². The molecule has 9 heterocycles. The molecule has 550 valence electrons. The lowest BCUT2D eigenvalue weighted by Gasteiger charge is -2.33. The molecule has 20 heteroatoms. The number of halogens is 1. The Balaban J connectivity index is 0.000000174. The second kappa shape index (κ2) is 36.2. The van der Waals surface area contributed by atoms with Crippen LogP contribution in [0.5, 0.6) is 11.5 Å². The number of piperidine rings is 2. The number of aliphatic hydroxyl groups excluding tert-OH is 2. The van der Waals surface area contributed by atoms with E-state index >= 15 is 0 Å². The second-order valence-corrected chi connectivity index (χ2v) is 30.1. The number of hydrogen-bond acceptors (Lipinski definition) is 18. The number of pyridine rings is 4. The number of ether oxygens (including phenoxy) is 4. The standard InChI is InChI=1S/C38H46N4O4.C24H26BrN3O2.C20H32BNO4.CH4/c1-26-29(9-6-10-32(26)33-11-7-13-36(27(33)2)46-20-8-17-41-19-15-31(43)25-41)22-34-37-30(14-16-39-34)21-28(23-40-37)24-42-18-5-4-12-35(42)38(44)45-3;1-16-18(6-5-7-20(16)25)13-21-23-19(9-10-26-21)12-17(14-27-23)15-28-11-4-3-8-22(28)24(29)30-2;1-15-17(21-25-19(2,3)20(4,5)26-21)8-6-9-18(15)24-13-7-11-22-12-10-16(23)14-22;/h6-7,9-11,13-14,16,21,23,31,35,43H,4-5,8,12,15,17-20,22,24-25H2,1-3H3;5-7,9-10,12,14,22H,3-4,8,11,13,15H2,1-2H3;6,8-9,16,23H,7,10-14H2,1-5H3;1H4. The van der Waals surface area contributed by atoms with Gasteiger partial charge in [0.1, 0.15) is 23.6 Å². The lowest BCUT2D eigenvalue weighted by molar-refractivity contribution is -0.149. The number of fused-ring (bicyclic) bond motifs is 2. The highest BCUT2D eigenvalue weighted by Crippen LogP contribution is 2.38. The van der Waals surface area contributed by atoms with Gasteiger partial charge < -0.3 is 48.3 Å². The molecule has 4 aromatic heterocycles. The van der Waals surface area contributed by atoms with Gasteiger partial charge >= 0.3 is 19.1 Å². The minimum Gasteiger partial charge on any atom is -0.493 e. The van der Waals surface area contributed by atoms with Gasteiger partial charge in [0.2, 0.25) is 0 Å². The number of carbonyl (C=O) groups is 2. The first-order chi connectivity index (χ1) is 49.2. The van der Waals surface area contributed by atoms with E-state index in [2.05, 4.69) is 169 Å². The molecule has 103 heavy (non-hydrogen) atoms. The van der Waals surface area contributed by atoms with Crippen molar-refractivity contribution in [1.82, 2.24) is 39.5 Å². The fourth-order valence-corrected chi connectivity index (χ4v) is 15.2. The maximum atomic E-state index is 12.4. The first-order valence-electron chi connectivity index (χ1n) is 36.7. The van der Waals surface area contributed by atoms with E-state index in [0.29, 0.717) is 32.7 Å². The number of benzene rings is 4. The predicted molar refractivity (Wildman–Crippen MR) is 413 cm³/mol. The molecule has 5 aliphatic rings. The van der Waals surface area contributed by atoms with Gasteiger partial charge in [-0.05, 0) is 223 Å². The molecular weight excluding hydrogens is 1360 g/mol. The minimum atomic E-state index is -0.366. The molecule has 0 bridgehead atoms. The van der Waals surface area contributed by atoms with Gasteiger partial charge in [0.15, 0.2) is 0 Å². The number of β-amino-alcohol motifs (C(OH)–C–C–N with tert-alkyl or cyclic N) is 2. The topological polar surface area (TPSA) is 194 Å². The molecule has 8 aromatic rings. The van der Waals surface area contributed by atoms with Crippen LogP contribution in [0.1, 0.15) is 155 Å². The zero-order valence-corrected chi connectivity index (χ0v) is 63.1. The molecule has 2 N–H and O–H groups in total. The van der Waals surface area contributed by atoms with Crippen LogP contribution in [0.15, 0.2) is 126 Å². The van der Waals surface area contributed by atoms with Crippen LogP contribution in [0.4, 0.5) is 0 Å². The fourth-order valence-electron chi connectivity index (χ4n) is 14.8. The summed E-state index contributed by atoms with van der Waals surface area (Å²) in [4.78, 5) is 52.6. The molecule has 5 saturated heterocycles. The van der Waals surface area contributed by atoms with Gasteiger partial charge in [-0.25, -0.2) is 0 Å². The summed E-state index contributed by atoms with van der Waals surface area (Å²) in [5.74, 6) is 1.52. The number of carbonyl (C=O) groups excluding carboxylic acids is 2. The van der Waals surface area contributed by atoms with E-state index in [-0.39, 0.29) is 62.0 Å². The molecule has 0 spiro atoms. The van der Waals surface area contributed by atoms with Crippen LogP contribution in [-0.2, 0) is 54.3 Å². The summed E-state index contributed by atoms with van der Waals surface area (Å²) in [7, 11) is 2.57. The molecule has 4 atom stereocenters. The summed E-state index contributed by atoms with van der Waals surface area (Å²) in [6, 6.07) is 33.1. The highest BCUT2D eigenvalue weighted by Gasteiger charge is 2.52. The van der Waals surface area contributed by atoms with Crippen molar-refractivity contribution in [2.75, 3.05) is 79.8 Å². The van der Waals surface area contributed by atoms with E-state index in [4.69, 9.17) is 43.2 Å². The minimum absolute atomic E-state index is 0. The van der Waals surface area contributed by atoms with Crippen molar-refractivity contribution >= 4 is 62.3 Å². The number of likely N-dealkylation sites (tertiary alicyclic amines) is 4. The zero-order chi connectivity index (χ0) is 72.1. The third kappa shape index (κ3) is 19.6. The summed E-state index contributed by atoms with van der Waals surface area (Å²) >= 11 is 3.61. The number of nitrogens with zero attached hydrogens (tertiary/aromatic N) is 8. The molecule has 18 nitrogen and oxygen atoms in total. The molecule has 5 fully saturated rings. The highest BCUT2D eigenvalue weighted by molar-refractivity contribution is 9.10. The Morgan fingerprint density at radius 1 is 0.563 bits per heavy atom. The maximum Gasteiger partial charge on any atom is 0.495 e. The summed E-state index contributed by atoms with van der Waals surface area (Å²) in [5, 5.41) is 21.5. The van der Waals surface area contributed by atoms with Crippen molar-refractivity contribution in [3.05, 3.63) is 182 Å². The Morgan fingerprint density at radius 2 is 1.02 bits per heavy atom. The Morgan fingerprint density at radius 3 is 1.50 bits per heavy atom. The van der Waals surface area contributed by atoms with Gasteiger partial charge in [-0.15, -0.1) is 0 Å². The van der Waals surface area contributed by atoms with Crippen molar-refractivity contribution in [1.29, 1.82) is 0 Å². The smallest absolute Gasteiger partial charge is 0.493 e. The lowest BCUT2D eigenvalue weighted by Crippen LogP contribution is -2.44. The predicted octanol–water partition coefficient (Wildman–Crippen LogP) is 13.5. The lowest BCUT2D eigenvalue weighted by atomic mass is 9.76. The van der Waals surface area contributed by atoms with Gasteiger partial charge in [0.05, 0.1) is 73.3 Å². The van der Waals surface area contributed by atoms with Crippen LogP contribution in [0.3, 0.4) is 0 Å². The Kier molecular flexibility index (Phi) is 27.5. The van der Waals surface area contributed by atoms with Gasteiger partial charge in [0, 0.05) is 105 Å². The molecular formula is C83H108BBrN8O10. The number of aliphatic hydroxyl groups is 2. The third-order valence-corrected chi connectivity index (χ3v) is 22.5. The number of hydrogen-bond donors (Lipinski definition) is 2. The van der Waals surface area contributed by atoms with Gasteiger partial charge in [0.25, 0.3) is 0 Å². The van der Waals surface area contributed by atoms with Crippen LogP contribution in [0.2, 0.25) is 0 Å². The van der Waals surface area contributed by atoms with Crippen LogP contribution < -0.4 is 14.9 Å². The van der Waals surface area contributed by atoms with E-state index < -0.39 is 0 Å².